The summed E-state index contributed by atoms with van der Waals surface area (Å²) in [7, 11) is 0. The van der Waals surface area contributed by atoms with Crippen LogP contribution in [0.2, 0.25) is 0 Å². The van der Waals surface area contributed by atoms with E-state index < -0.39 is 65.7 Å². The zero-order valence-corrected chi connectivity index (χ0v) is 18.8. The smallest absolute Gasteiger partial charge is 0.388 e. The molecule has 1 N–H and O–H groups in total. The molecule has 18 heteroatoms. The molecule has 0 bridgehead atoms. The minimum Gasteiger partial charge on any atom is -0.388 e. The Balaban J connectivity index is 3.44. The number of benzene rings is 1. The van der Waals surface area contributed by atoms with Gasteiger partial charge in [-0.3, -0.25) is 0 Å². The first-order valence-electron chi connectivity index (χ1n) is 10.0. The summed E-state index contributed by atoms with van der Waals surface area (Å²) in [6.45, 7) is 3.48. The van der Waals surface area contributed by atoms with Crippen LogP contribution in [0, 0.1) is 5.92 Å². The number of halogens is 17. The molecule has 0 aliphatic rings. The van der Waals surface area contributed by atoms with Crippen molar-refractivity contribution in [3.05, 3.63) is 35.4 Å². The van der Waals surface area contributed by atoms with Crippen LogP contribution in [-0.4, -0.2) is 52.7 Å². The van der Waals surface area contributed by atoms with Gasteiger partial charge < -0.3 is 5.11 Å². The summed E-state index contributed by atoms with van der Waals surface area (Å²) in [5.41, 5.74) is -0.206. The lowest BCUT2D eigenvalue weighted by molar-refractivity contribution is -0.462. The summed E-state index contributed by atoms with van der Waals surface area (Å²) < 4.78 is 226. The van der Waals surface area contributed by atoms with Crippen LogP contribution in [0.5, 0.6) is 0 Å². The minimum absolute atomic E-state index is 0.0410. The standard InChI is InChI=1S/C20H17F17O/c1-9(2)7-10-3-5-11(6-4-10)12(38)8-13(21,22)14(23,24)15(25,26)16(27,28)17(29,30)18(31,32)19(33,34)20(35,36)37/h3-6,9,12,38H,7-8H2,1-2H3. The number of aliphatic hydroxyl groups excluding tert-OH is 1. The second kappa shape index (κ2) is 9.87. The molecule has 0 saturated carbocycles. The van der Waals surface area contributed by atoms with Crippen LogP contribution in [-0.2, 0) is 6.42 Å². The van der Waals surface area contributed by atoms with Crippen molar-refractivity contribution in [1.29, 1.82) is 0 Å². The summed E-state index contributed by atoms with van der Waals surface area (Å²) in [5.74, 6) is -56.8. The van der Waals surface area contributed by atoms with Gasteiger partial charge in [0.2, 0.25) is 0 Å². The van der Waals surface area contributed by atoms with Gasteiger partial charge in [-0.2, -0.15) is 74.6 Å². The fourth-order valence-corrected chi connectivity index (χ4v) is 3.03. The highest BCUT2D eigenvalue weighted by atomic mass is 19.4. The Labute approximate surface area is 202 Å². The molecule has 1 rings (SSSR count). The Morgan fingerprint density at radius 3 is 1.24 bits per heavy atom. The van der Waals surface area contributed by atoms with Gasteiger partial charge in [0.1, 0.15) is 0 Å². The van der Waals surface area contributed by atoms with Crippen molar-refractivity contribution in [3.63, 3.8) is 0 Å². The molecule has 38 heavy (non-hydrogen) atoms. The van der Waals surface area contributed by atoms with E-state index in [4.69, 9.17) is 0 Å². The number of hydrogen-bond acceptors (Lipinski definition) is 1. The lowest BCUT2D eigenvalue weighted by Gasteiger charge is -2.43. The van der Waals surface area contributed by atoms with Crippen molar-refractivity contribution in [2.75, 3.05) is 0 Å². The lowest BCUT2D eigenvalue weighted by atomic mass is 9.87. The number of alkyl halides is 17. The molecule has 0 spiro atoms. The molecule has 0 aromatic heterocycles. The lowest BCUT2D eigenvalue weighted by Crippen LogP contribution is -2.74. The fraction of sp³-hybridized carbons (Fsp3) is 0.700. The molecule has 1 unspecified atom stereocenters. The van der Waals surface area contributed by atoms with Gasteiger partial charge in [0.05, 0.1) is 6.10 Å². The average molecular weight is 596 g/mol. The van der Waals surface area contributed by atoms with Crippen LogP contribution in [0.4, 0.5) is 74.6 Å². The van der Waals surface area contributed by atoms with E-state index >= 15 is 0 Å². The van der Waals surface area contributed by atoms with Crippen molar-refractivity contribution >= 4 is 0 Å². The first-order chi connectivity index (χ1) is 16.5. The number of rotatable bonds is 11. The third-order valence-electron chi connectivity index (χ3n) is 5.25. The fourth-order valence-electron chi connectivity index (χ4n) is 3.03. The molecule has 0 radical (unpaired) electrons. The molecule has 1 nitrogen and oxygen atoms in total. The van der Waals surface area contributed by atoms with E-state index in [1.54, 1.807) is 13.8 Å². The quantitative estimate of drug-likeness (QED) is 0.255. The molecule has 1 aromatic rings. The average Bonchev–Trinajstić information content (AvgIpc) is 2.71. The largest absolute Gasteiger partial charge is 0.460 e. The topological polar surface area (TPSA) is 20.2 Å². The summed E-state index contributed by atoms with van der Waals surface area (Å²) in [4.78, 5) is 0. The Kier molecular flexibility index (Phi) is 8.84. The maximum absolute atomic E-state index is 14.0. The number of aliphatic hydroxyl groups is 1. The highest BCUT2D eigenvalue weighted by Gasteiger charge is 2.95. The Hall–Kier alpha value is -2.01. The molecule has 1 atom stereocenters. The van der Waals surface area contributed by atoms with Crippen LogP contribution in [0.25, 0.3) is 0 Å². The van der Waals surface area contributed by atoms with E-state index in [1.165, 1.54) is 0 Å². The summed E-state index contributed by atoms with van der Waals surface area (Å²) in [5, 5.41) is 9.71. The maximum Gasteiger partial charge on any atom is 0.460 e. The van der Waals surface area contributed by atoms with E-state index in [0.717, 1.165) is 24.3 Å². The van der Waals surface area contributed by atoms with Crippen molar-refractivity contribution in [3.8, 4) is 0 Å². The summed E-state index contributed by atoms with van der Waals surface area (Å²) in [6.07, 6.45) is -13.2. The van der Waals surface area contributed by atoms with Gasteiger partial charge in [-0.25, -0.2) is 0 Å². The molecular formula is C20H17F17O. The summed E-state index contributed by atoms with van der Waals surface area (Å²) in [6, 6.07) is 3.94. The zero-order valence-electron chi connectivity index (χ0n) is 18.8. The number of hydrogen-bond donors (Lipinski definition) is 1. The predicted octanol–water partition coefficient (Wildman–Crippen LogP) is 8.32. The molecule has 0 saturated heterocycles. The summed E-state index contributed by atoms with van der Waals surface area (Å²) >= 11 is 0. The first-order valence-corrected chi connectivity index (χ1v) is 10.0. The van der Waals surface area contributed by atoms with Crippen LogP contribution in [0.15, 0.2) is 24.3 Å². The molecule has 0 fully saturated rings. The second-order valence-corrected chi connectivity index (χ2v) is 8.71. The SMILES string of the molecule is CC(C)Cc1ccc(C(O)CC(F)(F)C(F)(F)C(F)(F)C(F)(F)C(F)(F)C(F)(F)C(F)(F)C(F)(F)F)cc1. The van der Waals surface area contributed by atoms with E-state index in [-0.39, 0.29) is 5.92 Å². The van der Waals surface area contributed by atoms with E-state index in [1.807, 2.05) is 0 Å². The van der Waals surface area contributed by atoms with Crippen molar-refractivity contribution in [2.45, 2.75) is 80.4 Å². The van der Waals surface area contributed by atoms with Crippen LogP contribution >= 0.6 is 0 Å². The van der Waals surface area contributed by atoms with E-state index in [9.17, 15) is 79.7 Å². The van der Waals surface area contributed by atoms with Crippen LogP contribution < -0.4 is 0 Å². The van der Waals surface area contributed by atoms with Gasteiger partial charge in [-0.15, -0.1) is 0 Å². The van der Waals surface area contributed by atoms with Crippen LogP contribution in [0.3, 0.4) is 0 Å². The van der Waals surface area contributed by atoms with Crippen molar-refractivity contribution in [2.24, 2.45) is 5.92 Å². The maximum atomic E-state index is 14.0. The van der Waals surface area contributed by atoms with E-state index in [0.29, 0.717) is 12.0 Å². The van der Waals surface area contributed by atoms with E-state index in [2.05, 4.69) is 0 Å². The molecule has 0 amide bonds. The Morgan fingerprint density at radius 1 is 0.553 bits per heavy atom. The first kappa shape index (κ1) is 34.0. The highest BCUT2D eigenvalue weighted by Crippen LogP contribution is 2.64. The molecule has 0 aliphatic heterocycles. The molecule has 0 aliphatic carbocycles. The minimum atomic E-state index is -8.67. The Bertz CT molecular complexity index is 947. The van der Waals surface area contributed by atoms with Gasteiger partial charge in [0.15, 0.2) is 0 Å². The molecule has 222 valence electrons. The van der Waals surface area contributed by atoms with Gasteiger partial charge >= 0.3 is 47.6 Å². The van der Waals surface area contributed by atoms with Gasteiger partial charge in [0, 0.05) is 6.42 Å². The Morgan fingerprint density at radius 2 is 0.895 bits per heavy atom. The monoisotopic (exact) mass is 596 g/mol. The highest BCUT2D eigenvalue weighted by molar-refractivity contribution is 5.25. The van der Waals surface area contributed by atoms with Crippen molar-refractivity contribution in [1.82, 2.24) is 0 Å². The molecular weight excluding hydrogens is 579 g/mol. The molecule has 0 heterocycles. The normalized spacial score (nSPS) is 16.2. The van der Waals surface area contributed by atoms with Gasteiger partial charge in [0.25, 0.3) is 0 Å². The van der Waals surface area contributed by atoms with Crippen LogP contribution in [0.1, 0.15) is 37.5 Å². The third-order valence-corrected chi connectivity index (χ3v) is 5.25. The third kappa shape index (κ3) is 5.24. The van der Waals surface area contributed by atoms with Crippen molar-refractivity contribution < 1.29 is 79.7 Å². The zero-order chi connectivity index (χ0) is 30.6. The van der Waals surface area contributed by atoms with Gasteiger partial charge in [-0.1, -0.05) is 38.1 Å². The second-order valence-electron chi connectivity index (χ2n) is 8.71. The van der Waals surface area contributed by atoms with Gasteiger partial charge in [-0.05, 0) is 23.5 Å². The predicted molar refractivity (Wildman–Crippen MR) is 95.2 cm³/mol. The molecule has 1 aromatic carbocycles.